The van der Waals surface area contributed by atoms with E-state index in [0.29, 0.717) is 6.04 Å². The van der Waals surface area contributed by atoms with Gasteiger partial charge in [0.05, 0.1) is 17.8 Å². The molecule has 0 bridgehead atoms. The Bertz CT molecular complexity index is 1060. The Balaban J connectivity index is 1.62. The number of thiocarbonyl (C=S) groups is 1. The van der Waals surface area contributed by atoms with Crippen molar-refractivity contribution in [1.29, 1.82) is 0 Å². The van der Waals surface area contributed by atoms with Crippen molar-refractivity contribution < 1.29 is 0 Å². The van der Waals surface area contributed by atoms with Crippen LogP contribution in [-0.2, 0) is 0 Å². The third kappa shape index (κ3) is 3.40. The van der Waals surface area contributed by atoms with Crippen LogP contribution < -0.4 is 5.32 Å². The Kier molecular flexibility index (Phi) is 5.25. The van der Waals surface area contributed by atoms with Gasteiger partial charge in [-0.2, -0.15) is 0 Å². The van der Waals surface area contributed by atoms with Gasteiger partial charge < -0.3 is 14.8 Å². The zero-order valence-electron chi connectivity index (χ0n) is 17.0. The lowest BCUT2D eigenvalue weighted by atomic mass is 9.99. The van der Waals surface area contributed by atoms with Crippen molar-refractivity contribution in [3.05, 3.63) is 82.9 Å². The largest absolute Gasteiger partial charge is 0.352 e. The molecule has 2 aliphatic rings. The topological polar surface area (TPSA) is 33.1 Å². The van der Waals surface area contributed by atoms with Crippen LogP contribution in [0.3, 0.4) is 0 Å². The zero-order valence-corrected chi connectivity index (χ0v) is 18.5. The summed E-state index contributed by atoms with van der Waals surface area (Å²) >= 11 is 12.2. The van der Waals surface area contributed by atoms with Crippen molar-refractivity contribution in [2.45, 2.75) is 50.7 Å². The molecule has 1 saturated carbocycles. The molecule has 30 heavy (non-hydrogen) atoms. The van der Waals surface area contributed by atoms with Gasteiger partial charge in [0.15, 0.2) is 5.11 Å². The van der Waals surface area contributed by atoms with E-state index in [1.165, 1.54) is 31.4 Å². The Hall–Kier alpha value is -2.37. The molecule has 0 unspecified atom stereocenters. The maximum atomic E-state index is 6.29. The van der Waals surface area contributed by atoms with E-state index < -0.39 is 0 Å². The van der Waals surface area contributed by atoms with Crippen LogP contribution >= 0.6 is 23.8 Å². The summed E-state index contributed by atoms with van der Waals surface area (Å²) in [5.41, 5.74) is 4.42. The van der Waals surface area contributed by atoms with Crippen molar-refractivity contribution in [2.75, 3.05) is 0 Å². The summed E-state index contributed by atoms with van der Waals surface area (Å²) in [4.78, 5) is 7.11. The van der Waals surface area contributed by atoms with Crippen LogP contribution in [0.15, 0.2) is 60.9 Å². The average molecular weight is 437 g/mol. The zero-order chi connectivity index (χ0) is 20.7. The fourth-order valence-electron chi connectivity index (χ4n) is 4.91. The van der Waals surface area contributed by atoms with Gasteiger partial charge in [0.25, 0.3) is 0 Å². The molecule has 1 aliphatic carbocycles. The monoisotopic (exact) mass is 436 g/mol. The minimum atomic E-state index is 0.0151. The maximum absolute atomic E-state index is 6.29. The number of hydrogen-bond acceptors (Lipinski definition) is 2. The number of hydrogen-bond donors (Lipinski definition) is 1. The molecular weight excluding hydrogens is 412 g/mol. The van der Waals surface area contributed by atoms with Gasteiger partial charge in [-0.3, -0.25) is 4.98 Å². The molecule has 4 nitrogen and oxygen atoms in total. The third-order valence-electron chi connectivity index (χ3n) is 6.36. The molecule has 6 heteroatoms. The van der Waals surface area contributed by atoms with Crippen LogP contribution in [-0.4, -0.2) is 25.6 Å². The van der Waals surface area contributed by atoms with E-state index in [2.05, 4.69) is 56.3 Å². The van der Waals surface area contributed by atoms with Crippen molar-refractivity contribution in [3.63, 3.8) is 0 Å². The molecule has 0 spiro atoms. The Morgan fingerprint density at radius 2 is 1.93 bits per heavy atom. The summed E-state index contributed by atoms with van der Waals surface area (Å²) < 4.78 is 2.27. The summed E-state index contributed by atoms with van der Waals surface area (Å²) in [5.74, 6) is 0. The van der Waals surface area contributed by atoms with Gasteiger partial charge in [0, 0.05) is 34.8 Å². The summed E-state index contributed by atoms with van der Waals surface area (Å²) in [6, 6.07) is 17.2. The molecule has 5 rings (SSSR count). The predicted molar refractivity (Wildman–Crippen MR) is 125 cm³/mol. The van der Waals surface area contributed by atoms with Crippen molar-refractivity contribution in [1.82, 2.24) is 19.8 Å². The molecule has 0 radical (unpaired) electrons. The van der Waals surface area contributed by atoms with E-state index in [-0.39, 0.29) is 12.1 Å². The summed E-state index contributed by atoms with van der Waals surface area (Å²) in [7, 11) is 0. The van der Waals surface area contributed by atoms with Gasteiger partial charge in [0.2, 0.25) is 0 Å². The average Bonchev–Trinajstić information content (AvgIpc) is 3.50. The fourth-order valence-corrected chi connectivity index (χ4v) is 5.41. The maximum Gasteiger partial charge on any atom is 0.170 e. The van der Waals surface area contributed by atoms with E-state index in [4.69, 9.17) is 23.8 Å². The minimum Gasteiger partial charge on any atom is -0.352 e. The number of nitrogens with one attached hydrogen (secondary N) is 1. The number of aromatic nitrogens is 2. The predicted octanol–water partition coefficient (Wildman–Crippen LogP) is 5.75. The lowest BCUT2D eigenvalue weighted by Crippen LogP contribution is -2.38. The molecule has 2 aromatic heterocycles. The van der Waals surface area contributed by atoms with Crippen LogP contribution in [0.25, 0.3) is 5.69 Å². The van der Waals surface area contributed by atoms with Gasteiger partial charge in [-0.1, -0.05) is 30.5 Å². The first-order valence-electron chi connectivity index (χ1n) is 10.6. The third-order valence-corrected chi connectivity index (χ3v) is 7.11. The van der Waals surface area contributed by atoms with Crippen molar-refractivity contribution >= 4 is 28.9 Å². The molecule has 2 fully saturated rings. The van der Waals surface area contributed by atoms with Crippen LogP contribution in [0.5, 0.6) is 0 Å². The molecule has 0 amide bonds. The highest BCUT2D eigenvalue weighted by atomic mass is 35.5. The number of nitrogens with zero attached hydrogens (tertiary/aromatic N) is 3. The molecule has 1 aromatic carbocycles. The van der Waals surface area contributed by atoms with E-state index in [0.717, 1.165) is 27.1 Å². The van der Waals surface area contributed by atoms with Crippen molar-refractivity contribution in [2.24, 2.45) is 0 Å². The van der Waals surface area contributed by atoms with Crippen LogP contribution in [0, 0.1) is 6.92 Å². The lowest BCUT2D eigenvalue weighted by molar-refractivity contribution is 0.239. The smallest absolute Gasteiger partial charge is 0.170 e. The Morgan fingerprint density at radius 3 is 2.67 bits per heavy atom. The summed E-state index contributed by atoms with van der Waals surface area (Å²) in [6.45, 7) is 2.04. The van der Waals surface area contributed by atoms with Crippen LogP contribution in [0.2, 0.25) is 5.02 Å². The fraction of sp³-hybridized carbons (Fsp3) is 0.333. The standard InChI is InChI=1S/C24H25ClN4S/c1-16-15-18(11-12-19(16)25)28-14-6-10-21(28)23-22(20-9-4-5-13-26-20)27-24(30)29(23)17-7-2-3-8-17/h4-6,9-15,17,22-23H,2-3,7-8H2,1H3,(H,27,30)/t22-,23+/m1/s1. The first kappa shape index (κ1) is 19.6. The minimum absolute atomic E-state index is 0.0151. The first-order valence-corrected chi connectivity index (χ1v) is 11.4. The molecule has 2 atom stereocenters. The lowest BCUT2D eigenvalue weighted by Gasteiger charge is -2.33. The Morgan fingerprint density at radius 1 is 1.10 bits per heavy atom. The highest BCUT2D eigenvalue weighted by molar-refractivity contribution is 7.80. The second-order valence-electron chi connectivity index (χ2n) is 8.21. The number of pyridine rings is 1. The molecule has 3 heterocycles. The van der Waals surface area contributed by atoms with Crippen molar-refractivity contribution in [3.8, 4) is 5.69 Å². The molecular formula is C24H25ClN4S. The van der Waals surface area contributed by atoms with Crippen LogP contribution in [0.1, 0.15) is 54.7 Å². The van der Waals surface area contributed by atoms with Gasteiger partial charge in [-0.15, -0.1) is 0 Å². The SMILES string of the molecule is Cc1cc(-n2cccc2[C@H]2[C@@H](c3ccccn3)NC(=S)N2C2CCCC2)ccc1Cl. The van der Waals surface area contributed by atoms with E-state index >= 15 is 0 Å². The molecule has 154 valence electrons. The molecule has 1 aliphatic heterocycles. The highest BCUT2D eigenvalue weighted by Gasteiger charge is 2.44. The molecule has 1 N–H and O–H groups in total. The number of rotatable bonds is 4. The van der Waals surface area contributed by atoms with E-state index in [1.54, 1.807) is 0 Å². The second kappa shape index (κ2) is 8.05. The van der Waals surface area contributed by atoms with Gasteiger partial charge >= 0.3 is 0 Å². The normalized spacial score (nSPS) is 21.9. The number of halogens is 1. The van der Waals surface area contributed by atoms with Gasteiger partial charge in [-0.25, -0.2) is 0 Å². The molecule has 3 aromatic rings. The van der Waals surface area contributed by atoms with E-state index in [9.17, 15) is 0 Å². The van der Waals surface area contributed by atoms with Gasteiger partial charge in [-0.05, 0) is 80.0 Å². The van der Waals surface area contributed by atoms with Crippen LogP contribution in [0.4, 0.5) is 0 Å². The number of benzene rings is 1. The highest BCUT2D eigenvalue weighted by Crippen LogP contribution is 2.43. The Labute approximate surface area is 187 Å². The number of aryl methyl sites for hydroxylation is 1. The quantitative estimate of drug-likeness (QED) is 0.528. The van der Waals surface area contributed by atoms with Gasteiger partial charge in [0.1, 0.15) is 0 Å². The molecule has 1 saturated heterocycles. The first-order chi connectivity index (χ1) is 14.6. The summed E-state index contributed by atoms with van der Waals surface area (Å²) in [5, 5.41) is 5.22. The summed E-state index contributed by atoms with van der Waals surface area (Å²) in [6.07, 6.45) is 8.89. The second-order valence-corrected chi connectivity index (χ2v) is 9.00. The van der Waals surface area contributed by atoms with E-state index in [1.807, 2.05) is 31.3 Å².